The highest BCUT2D eigenvalue weighted by Gasteiger charge is 2.42. The standard InChI is InChI=1S/C26H20FNO4S/c1-31-18-8-3-15(4-9-18)14-28-23(16-5-10-19(33-2)11-6-16)22-24(29)20-13-17(27)7-12-21(20)32-25(22)26(28)30/h3-13,23H,14H2,1-2H3/t23-/m1/s1. The van der Waals surface area contributed by atoms with Gasteiger partial charge in [-0.2, -0.15) is 0 Å². The molecular weight excluding hydrogens is 441 g/mol. The van der Waals surface area contributed by atoms with Crippen LogP contribution < -0.4 is 10.2 Å². The van der Waals surface area contributed by atoms with Gasteiger partial charge in [-0.1, -0.05) is 24.3 Å². The molecule has 1 aliphatic rings. The van der Waals surface area contributed by atoms with Gasteiger partial charge in [-0.25, -0.2) is 4.39 Å². The average molecular weight is 462 g/mol. The SMILES string of the molecule is COc1ccc(CN2C(=O)c3oc4ccc(F)cc4c(=O)c3[C@H]2c2ccc(SC)cc2)cc1. The van der Waals surface area contributed by atoms with Crippen LogP contribution in [0.15, 0.2) is 80.8 Å². The summed E-state index contributed by atoms with van der Waals surface area (Å²) in [5, 5.41) is 0.124. The first-order valence-electron chi connectivity index (χ1n) is 10.3. The molecule has 2 heterocycles. The Morgan fingerprint density at radius 1 is 1.03 bits per heavy atom. The summed E-state index contributed by atoms with van der Waals surface area (Å²) in [6.45, 7) is 0.270. The zero-order valence-electron chi connectivity index (χ0n) is 18.0. The van der Waals surface area contributed by atoms with Gasteiger partial charge in [-0.05, 0) is 59.8 Å². The molecule has 1 aliphatic heterocycles. The summed E-state index contributed by atoms with van der Waals surface area (Å²) >= 11 is 1.61. The van der Waals surface area contributed by atoms with Crippen LogP contribution in [0.1, 0.15) is 33.3 Å². The van der Waals surface area contributed by atoms with Crippen molar-refractivity contribution in [2.45, 2.75) is 17.5 Å². The second kappa shape index (κ2) is 8.41. The van der Waals surface area contributed by atoms with Gasteiger partial charge in [0.15, 0.2) is 5.43 Å². The molecule has 5 rings (SSSR count). The summed E-state index contributed by atoms with van der Waals surface area (Å²) in [5.41, 5.74) is 1.71. The number of hydrogen-bond acceptors (Lipinski definition) is 5. The van der Waals surface area contributed by atoms with Crippen LogP contribution in [-0.2, 0) is 6.54 Å². The summed E-state index contributed by atoms with van der Waals surface area (Å²) in [6.07, 6.45) is 1.98. The van der Waals surface area contributed by atoms with Crippen molar-refractivity contribution >= 4 is 28.6 Å². The molecule has 0 saturated heterocycles. The highest BCUT2D eigenvalue weighted by atomic mass is 32.2. The molecule has 166 valence electrons. The van der Waals surface area contributed by atoms with Crippen molar-refractivity contribution in [3.8, 4) is 5.75 Å². The van der Waals surface area contributed by atoms with Gasteiger partial charge in [-0.15, -0.1) is 11.8 Å². The van der Waals surface area contributed by atoms with Gasteiger partial charge in [0.25, 0.3) is 5.91 Å². The first-order valence-corrected chi connectivity index (χ1v) is 11.6. The number of ether oxygens (including phenoxy) is 1. The third kappa shape index (κ3) is 3.68. The number of hydrogen-bond donors (Lipinski definition) is 0. The molecule has 5 nitrogen and oxygen atoms in total. The molecule has 1 aromatic heterocycles. The fraction of sp³-hybridized carbons (Fsp3) is 0.154. The maximum absolute atomic E-state index is 13.9. The number of carbonyl (C=O) groups is 1. The lowest BCUT2D eigenvalue weighted by molar-refractivity contribution is 0.0714. The summed E-state index contributed by atoms with van der Waals surface area (Å²) < 4.78 is 25.0. The van der Waals surface area contributed by atoms with Gasteiger partial charge in [0.2, 0.25) is 5.76 Å². The number of rotatable bonds is 5. The monoisotopic (exact) mass is 461 g/mol. The molecule has 0 N–H and O–H groups in total. The van der Waals surface area contributed by atoms with Crippen molar-refractivity contribution in [2.75, 3.05) is 13.4 Å². The molecule has 4 aromatic rings. The van der Waals surface area contributed by atoms with E-state index in [4.69, 9.17) is 9.15 Å². The van der Waals surface area contributed by atoms with E-state index in [9.17, 15) is 14.0 Å². The van der Waals surface area contributed by atoms with Gasteiger partial charge in [0.05, 0.1) is 24.1 Å². The molecule has 1 atom stereocenters. The second-order valence-corrected chi connectivity index (χ2v) is 8.65. The van der Waals surface area contributed by atoms with Crippen LogP contribution in [-0.4, -0.2) is 24.2 Å². The largest absolute Gasteiger partial charge is 0.497 e. The minimum atomic E-state index is -0.644. The van der Waals surface area contributed by atoms with Crippen LogP contribution >= 0.6 is 11.8 Å². The Balaban J connectivity index is 1.67. The molecule has 0 fully saturated rings. The average Bonchev–Trinajstić information content (AvgIpc) is 3.12. The maximum atomic E-state index is 13.9. The van der Waals surface area contributed by atoms with Crippen molar-refractivity contribution in [3.63, 3.8) is 0 Å². The normalized spacial score (nSPS) is 15.2. The van der Waals surface area contributed by atoms with E-state index >= 15 is 0 Å². The number of halogens is 1. The van der Waals surface area contributed by atoms with Crippen molar-refractivity contribution in [2.24, 2.45) is 0 Å². The van der Waals surface area contributed by atoms with Crippen molar-refractivity contribution in [1.82, 2.24) is 4.90 Å². The number of carbonyl (C=O) groups excluding carboxylic acids is 1. The minimum Gasteiger partial charge on any atom is -0.497 e. The molecule has 0 bridgehead atoms. The van der Waals surface area contributed by atoms with E-state index in [1.54, 1.807) is 23.8 Å². The van der Waals surface area contributed by atoms with Gasteiger partial charge >= 0.3 is 0 Å². The molecule has 33 heavy (non-hydrogen) atoms. The number of amides is 1. The number of benzene rings is 3. The second-order valence-electron chi connectivity index (χ2n) is 7.77. The molecular formula is C26H20FNO4S. The zero-order valence-corrected chi connectivity index (χ0v) is 18.8. The molecule has 0 spiro atoms. The number of nitrogens with zero attached hydrogens (tertiary/aromatic N) is 1. The Hall–Kier alpha value is -3.58. The van der Waals surface area contributed by atoms with Crippen molar-refractivity contribution in [3.05, 3.63) is 105 Å². The van der Waals surface area contributed by atoms with E-state index in [-0.39, 0.29) is 34.7 Å². The number of methoxy groups -OCH3 is 1. The Bertz CT molecular complexity index is 1410. The molecule has 7 heteroatoms. The van der Waals surface area contributed by atoms with E-state index in [1.807, 2.05) is 54.8 Å². The first-order chi connectivity index (χ1) is 16.0. The lowest BCUT2D eigenvalue weighted by Gasteiger charge is -2.25. The summed E-state index contributed by atoms with van der Waals surface area (Å²) in [7, 11) is 1.59. The van der Waals surface area contributed by atoms with Gasteiger partial charge < -0.3 is 14.1 Å². The summed E-state index contributed by atoms with van der Waals surface area (Å²) in [5.74, 6) is -0.186. The molecule has 0 aliphatic carbocycles. The molecule has 3 aromatic carbocycles. The Kier molecular flexibility index (Phi) is 5.42. The number of fused-ring (bicyclic) bond motifs is 2. The van der Waals surface area contributed by atoms with Crippen LogP contribution in [0.4, 0.5) is 4.39 Å². The Morgan fingerprint density at radius 2 is 1.76 bits per heavy atom. The third-order valence-electron chi connectivity index (χ3n) is 5.87. The lowest BCUT2D eigenvalue weighted by atomic mass is 9.98. The predicted octanol–water partition coefficient (Wildman–Crippen LogP) is 5.41. The highest BCUT2D eigenvalue weighted by molar-refractivity contribution is 7.98. The smallest absolute Gasteiger partial charge is 0.291 e. The Labute approximate surface area is 193 Å². The quantitative estimate of drug-likeness (QED) is 0.372. The van der Waals surface area contributed by atoms with Gasteiger partial charge in [0, 0.05) is 11.4 Å². The lowest BCUT2D eigenvalue weighted by Crippen LogP contribution is -2.29. The van der Waals surface area contributed by atoms with E-state index in [1.165, 1.54) is 12.1 Å². The number of thioether (sulfide) groups is 1. The van der Waals surface area contributed by atoms with Crippen molar-refractivity contribution in [1.29, 1.82) is 0 Å². The zero-order chi connectivity index (χ0) is 23.1. The minimum absolute atomic E-state index is 0.00608. The van der Waals surface area contributed by atoms with Crippen LogP contribution in [0.3, 0.4) is 0 Å². The van der Waals surface area contributed by atoms with Gasteiger partial charge in [-0.3, -0.25) is 9.59 Å². The molecule has 0 radical (unpaired) electrons. The van der Waals surface area contributed by atoms with Crippen LogP contribution in [0.5, 0.6) is 5.75 Å². The molecule has 0 saturated carbocycles. The topological polar surface area (TPSA) is 59.8 Å². The maximum Gasteiger partial charge on any atom is 0.291 e. The molecule has 0 unspecified atom stereocenters. The summed E-state index contributed by atoms with van der Waals surface area (Å²) in [4.78, 5) is 29.7. The van der Waals surface area contributed by atoms with Gasteiger partial charge in [0.1, 0.15) is 17.1 Å². The Morgan fingerprint density at radius 3 is 2.42 bits per heavy atom. The fourth-order valence-corrected chi connectivity index (χ4v) is 4.62. The van der Waals surface area contributed by atoms with E-state index in [2.05, 4.69) is 0 Å². The van der Waals surface area contributed by atoms with Crippen LogP contribution in [0.2, 0.25) is 0 Å². The third-order valence-corrected chi connectivity index (χ3v) is 6.61. The predicted molar refractivity (Wildman–Crippen MR) is 125 cm³/mol. The highest BCUT2D eigenvalue weighted by Crippen LogP contribution is 2.39. The fourth-order valence-electron chi connectivity index (χ4n) is 4.22. The molecule has 1 amide bonds. The van der Waals surface area contributed by atoms with E-state index in [0.717, 1.165) is 22.1 Å². The summed E-state index contributed by atoms with van der Waals surface area (Å²) in [6, 6.07) is 18.3. The first kappa shape index (κ1) is 21.3. The van der Waals surface area contributed by atoms with Crippen molar-refractivity contribution < 1.29 is 18.3 Å². The van der Waals surface area contributed by atoms with E-state index in [0.29, 0.717) is 5.75 Å². The van der Waals surface area contributed by atoms with Crippen LogP contribution in [0, 0.1) is 5.82 Å². The van der Waals surface area contributed by atoms with E-state index < -0.39 is 17.3 Å². The van der Waals surface area contributed by atoms with Crippen LogP contribution in [0.25, 0.3) is 11.0 Å².